The molecule has 7 nitrogen and oxygen atoms in total. The largest absolute Gasteiger partial charge is 0.352 e. The van der Waals surface area contributed by atoms with Crippen molar-refractivity contribution in [2.24, 2.45) is 5.92 Å². The van der Waals surface area contributed by atoms with Crippen LogP contribution in [0.25, 0.3) is 11.1 Å². The van der Waals surface area contributed by atoms with Crippen LogP contribution in [0, 0.1) is 5.92 Å². The molecule has 1 atom stereocenters. The fourth-order valence-corrected chi connectivity index (χ4v) is 3.24. The van der Waals surface area contributed by atoms with E-state index >= 15 is 0 Å². The Morgan fingerprint density at radius 3 is 2.00 bits per heavy atom. The molecular weight excluding hydrogens is 370 g/mol. The Morgan fingerprint density at radius 1 is 0.966 bits per heavy atom. The molecule has 1 aliphatic heterocycles. The maximum absolute atomic E-state index is 12.3. The van der Waals surface area contributed by atoms with E-state index in [0.29, 0.717) is 6.54 Å². The number of carbonyl (C=O) groups is 4. The van der Waals surface area contributed by atoms with E-state index in [1.54, 1.807) is 0 Å². The lowest BCUT2D eigenvalue weighted by atomic mass is 10.0. The molecule has 3 amide bonds. The van der Waals surface area contributed by atoms with Gasteiger partial charge >= 0.3 is 0 Å². The van der Waals surface area contributed by atoms with Gasteiger partial charge in [0, 0.05) is 33.6 Å². The van der Waals surface area contributed by atoms with E-state index in [1.165, 1.54) is 18.9 Å². The fraction of sp³-hybridized carbons (Fsp3) is 0.273. The molecular formula is C22H23N3O4. The molecule has 0 bridgehead atoms. The van der Waals surface area contributed by atoms with Crippen molar-refractivity contribution in [3.63, 3.8) is 0 Å². The molecule has 150 valence electrons. The second-order valence-corrected chi connectivity index (χ2v) is 7.13. The predicted octanol–water partition coefficient (Wildman–Crippen LogP) is 1.26. The zero-order valence-corrected chi connectivity index (χ0v) is 16.4. The summed E-state index contributed by atoms with van der Waals surface area (Å²) in [5, 5.41) is 5.53. The van der Waals surface area contributed by atoms with Crippen LogP contribution < -0.4 is 10.6 Å². The number of amides is 3. The van der Waals surface area contributed by atoms with Crippen LogP contribution in [0.3, 0.4) is 0 Å². The average Bonchev–Trinajstić information content (AvgIpc) is 2.98. The fourth-order valence-electron chi connectivity index (χ4n) is 3.24. The highest BCUT2D eigenvalue weighted by molar-refractivity contribution is 6.42. The lowest BCUT2D eigenvalue weighted by Crippen LogP contribution is -2.35. The number of hydrogen-bond donors (Lipinski definition) is 2. The van der Waals surface area contributed by atoms with Crippen molar-refractivity contribution in [3.8, 4) is 11.1 Å². The summed E-state index contributed by atoms with van der Waals surface area (Å²) in [7, 11) is 1.51. The Kier molecular flexibility index (Phi) is 6.07. The minimum atomic E-state index is -0.943. The lowest BCUT2D eigenvalue weighted by Gasteiger charge is -2.11. The maximum atomic E-state index is 12.3. The third-order valence-corrected chi connectivity index (χ3v) is 4.84. The van der Waals surface area contributed by atoms with Gasteiger partial charge in [0.2, 0.25) is 17.6 Å². The molecule has 1 fully saturated rings. The first-order chi connectivity index (χ1) is 13.8. The van der Waals surface area contributed by atoms with Crippen LogP contribution in [0.15, 0.2) is 48.5 Å². The molecule has 0 aliphatic carbocycles. The SMILES string of the molecule is CC(=O)NCc1cccc(-c2cccc(CNC(=O)C3CN(C)C(=O)C3=O)c2)c1. The molecule has 2 aromatic rings. The summed E-state index contributed by atoms with van der Waals surface area (Å²) in [4.78, 5) is 48.1. The summed E-state index contributed by atoms with van der Waals surface area (Å²) in [6.45, 7) is 2.32. The van der Waals surface area contributed by atoms with Crippen molar-refractivity contribution in [1.29, 1.82) is 0 Å². The highest BCUT2D eigenvalue weighted by Crippen LogP contribution is 2.22. The summed E-state index contributed by atoms with van der Waals surface area (Å²) in [5.41, 5.74) is 3.85. The summed E-state index contributed by atoms with van der Waals surface area (Å²) < 4.78 is 0. The normalized spacial score (nSPS) is 16.1. The molecule has 0 spiro atoms. The van der Waals surface area contributed by atoms with Crippen molar-refractivity contribution in [2.45, 2.75) is 20.0 Å². The number of nitrogens with one attached hydrogen (secondary N) is 2. The molecule has 1 saturated heterocycles. The third kappa shape index (κ3) is 4.87. The number of likely N-dealkylation sites (tertiary alicyclic amines) is 1. The molecule has 29 heavy (non-hydrogen) atoms. The van der Waals surface area contributed by atoms with E-state index in [1.807, 2.05) is 48.5 Å². The first-order valence-corrected chi connectivity index (χ1v) is 9.35. The molecule has 0 aromatic heterocycles. The van der Waals surface area contributed by atoms with Crippen LogP contribution in [0.5, 0.6) is 0 Å². The minimum absolute atomic E-state index is 0.0817. The zero-order chi connectivity index (χ0) is 21.0. The van der Waals surface area contributed by atoms with E-state index in [4.69, 9.17) is 0 Å². The minimum Gasteiger partial charge on any atom is -0.352 e. The van der Waals surface area contributed by atoms with Crippen molar-refractivity contribution in [3.05, 3.63) is 59.7 Å². The van der Waals surface area contributed by atoms with Gasteiger partial charge in [-0.1, -0.05) is 36.4 Å². The average molecular weight is 393 g/mol. The molecule has 2 aromatic carbocycles. The van der Waals surface area contributed by atoms with Crippen LogP contribution in [0.4, 0.5) is 0 Å². The topological polar surface area (TPSA) is 95.6 Å². The molecule has 1 heterocycles. The van der Waals surface area contributed by atoms with Gasteiger partial charge in [0.1, 0.15) is 5.92 Å². The van der Waals surface area contributed by atoms with Crippen LogP contribution in [-0.2, 0) is 32.3 Å². The number of Topliss-reactive ketones (excluding diaryl/α,β-unsaturated/α-hetero) is 1. The standard InChI is InChI=1S/C22H23N3O4/c1-14(26)23-11-15-5-3-7-17(9-15)18-8-4-6-16(10-18)12-24-21(28)19-13-25(2)22(29)20(19)27/h3-10,19H,11-13H2,1-2H3,(H,23,26)(H,24,28). The molecule has 1 aliphatic rings. The lowest BCUT2D eigenvalue weighted by molar-refractivity contribution is -0.142. The highest BCUT2D eigenvalue weighted by atomic mass is 16.2. The van der Waals surface area contributed by atoms with Crippen molar-refractivity contribution >= 4 is 23.5 Å². The maximum Gasteiger partial charge on any atom is 0.290 e. The number of ketones is 1. The number of benzene rings is 2. The first-order valence-electron chi connectivity index (χ1n) is 9.35. The third-order valence-electron chi connectivity index (χ3n) is 4.84. The van der Waals surface area contributed by atoms with Crippen molar-refractivity contribution in [1.82, 2.24) is 15.5 Å². The quantitative estimate of drug-likeness (QED) is 0.571. The van der Waals surface area contributed by atoms with Gasteiger partial charge in [-0.25, -0.2) is 0 Å². The van der Waals surface area contributed by atoms with Crippen LogP contribution in [0.1, 0.15) is 18.1 Å². The van der Waals surface area contributed by atoms with Gasteiger partial charge in [-0.15, -0.1) is 0 Å². The van der Waals surface area contributed by atoms with Crippen LogP contribution in [0.2, 0.25) is 0 Å². The van der Waals surface area contributed by atoms with Gasteiger partial charge in [0.05, 0.1) is 0 Å². The van der Waals surface area contributed by atoms with Gasteiger partial charge in [-0.3, -0.25) is 19.2 Å². The summed E-state index contributed by atoms with van der Waals surface area (Å²) in [6.07, 6.45) is 0. The van der Waals surface area contributed by atoms with Crippen LogP contribution >= 0.6 is 0 Å². The zero-order valence-electron chi connectivity index (χ0n) is 16.4. The number of carbonyl (C=O) groups excluding carboxylic acids is 4. The van der Waals surface area contributed by atoms with E-state index in [-0.39, 0.29) is 19.0 Å². The molecule has 2 N–H and O–H groups in total. The Labute approximate surface area is 169 Å². The molecule has 3 rings (SSSR count). The smallest absolute Gasteiger partial charge is 0.290 e. The van der Waals surface area contributed by atoms with E-state index in [0.717, 1.165) is 22.3 Å². The molecule has 0 radical (unpaired) electrons. The van der Waals surface area contributed by atoms with Crippen molar-refractivity contribution in [2.75, 3.05) is 13.6 Å². The summed E-state index contributed by atoms with van der Waals surface area (Å²) >= 11 is 0. The Morgan fingerprint density at radius 2 is 1.52 bits per heavy atom. The molecule has 7 heteroatoms. The number of nitrogens with zero attached hydrogens (tertiary/aromatic N) is 1. The number of rotatable bonds is 6. The van der Waals surface area contributed by atoms with Crippen LogP contribution in [-0.4, -0.2) is 42.0 Å². The highest BCUT2D eigenvalue weighted by Gasteiger charge is 2.41. The van der Waals surface area contributed by atoms with Gasteiger partial charge in [0.15, 0.2) is 0 Å². The predicted molar refractivity (Wildman–Crippen MR) is 107 cm³/mol. The Hall–Kier alpha value is -3.48. The van der Waals surface area contributed by atoms with Gasteiger partial charge in [0.25, 0.3) is 5.91 Å². The van der Waals surface area contributed by atoms with Crippen molar-refractivity contribution < 1.29 is 19.2 Å². The monoisotopic (exact) mass is 393 g/mol. The molecule has 1 unspecified atom stereocenters. The van der Waals surface area contributed by atoms with E-state index in [9.17, 15) is 19.2 Å². The van der Waals surface area contributed by atoms with Gasteiger partial charge in [-0.05, 0) is 34.4 Å². The molecule has 0 saturated carbocycles. The first kappa shape index (κ1) is 20.3. The Bertz CT molecular complexity index is 970. The van der Waals surface area contributed by atoms with Gasteiger partial charge < -0.3 is 15.5 Å². The second kappa shape index (κ2) is 8.68. The van der Waals surface area contributed by atoms with E-state index in [2.05, 4.69) is 10.6 Å². The number of hydrogen-bond acceptors (Lipinski definition) is 4. The van der Waals surface area contributed by atoms with E-state index < -0.39 is 23.5 Å². The Balaban J connectivity index is 1.66. The van der Waals surface area contributed by atoms with Gasteiger partial charge in [-0.2, -0.15) is 0 Å². The summed E-state index contributed by atoms with van der Waals surface area (Å²) in [6, 6.07) is 15.6. The number of likely N-dealkylation sites (N-methyl/N-ethyl adjacent to an activating group) is 1. The second-order valence-electron chi connectivity index (χ2n) is 7.13. The summed E-state index contributed by atoms with van der Waals surface area (Å²) in [5.74, 6) is -2.74.